The van der Waals surface area contributed by atoms with E-state index in [0.29, 0.717) is 0 Å². The summed E-state index contributed by atoms with van der Waals surface area (Å²) in [6.07, 6.45) is 7.43. The van der Waals surface area contributed by atoms with E-state index in [1.54, 1.807) is 6.08 Å². The van der Waals surface area contributed by atoms with Gasteiger partial charge in [-0.3, -0.25) is 4.79 Å². The summed E-state index contributed by atoms with van der Waals surface area (Å²) in [6.45, 7) is 8.62. The number of carbonyl (C=O) groups is 1. The molecule has 3 heterocycles. The first-order valence-electron chi connectivity index (χ1n) is 9.72. The van der Waals surface area contributed by atoms with E-state index >= 15 is 0 Å². The van der Waals surface area contributed by atoms with Crippen molar-refractivity contribution in [1.29, 1.82) is 5.26 Å². The van der Waals surface area contributed by atoms with Crippen molar-refractivity contribution in [3.63, 3.8) is 0 Å². The molecule has 0 saturated carbocycles. The van der Waals surface area contributed by atoms with Gasteiger partial charge in [0.15, 0.2) is 0 Å². The Morgan fingerprint density at radius 3 is 2.81 bits per heavy atom. The number of aryl methyl sites for hydroxylation is 1. The highest BCUT2D eigenvalue weighted by molar-refractivity contribution is 6.02. The topological polar surface area (TPSA) is 58.3 Å². The number of nitriles is 1. The Balaban J connectivity index is 1.82. The van der Waals surface area contributed by atoms with Gasteiger partial charge in [-0.15, -0.1) is 0 Å². The molecule has 1 aromatic rings. The van der Waals surface area contributed by atoms with Crippen LogP contribution < -0.4 is 0 Å². The van der Waals surface area contributed by atoms with Gasteiger partial charge in [0.1, 0.15) is 11.6 Å². The first kappa shape index (κ1) is 18.7. The van der Waals surface area contributed by atoms with Gasteiger partial charge >= 0.3 is 0 Å². The van der Waals surface area contributed by atoms with Crippen molar-refractivity contribution in [2.75, 3.05) is 13.2 Å². The van der Waals surface area contributed by atoms with E-state index in [2.05, 4.69) is 37.5 Å². The molecular weight excluding hydrogens is 326 g/mol. The normalized spacial score (nSPS) is 23.9. The van der Waals surface area contributed by atoms with E-state index in [4.69, 9.17) is 4.74 Å². The molecule has 0 spiro atoms. The first-order chi connectivity index (χ1) is 12.5. The van der Waals surface area contributed by atoms with Crippen LogP contribution in [0.2, 0.25) is 0 Å². The van der Waals surface area contributed by atoms with Gasteiger partial charge in [0, 0.05) is 37.1 Å². The van der Waals surface area contributed by atoms with Gasteiger partial charge in [-0.2, -0.15) is 5.26 Å². The molecule has 2 saturated heterocycles. The SMILES string of the molecule is Cc1cc(C=C(C#N)C(=O)N2CCCCC2C)c(C)n1CC1CCCO1. The lowest BCUT2D eigenvalue weighted by Gasteiger charge is -2.33. The maximum atomic E-state index is 12.8. The summed E-state index contributed by atoms with van der Waals surface area (Å²) in [7, 11) is 0. The molecule has 0 N–H and O–H groups in total. The van der Waals surface area contributed by atoms with Gasteiger partial charge < -0.3 is 14.2 Å². The number of piperidine rings is 1. The highest BCUT2D eigenvalue weighted by Gasteiger charge is 2.26. The number of hydrogen-bond acceptors (Lipinski definition) is 3. The standard InChI is InChI=1S/C21H29N3O2/c1-15-7-4-5-9-23(15)21(25)19(13-22)12-18-11-16(2)24(17(18)3)14-20-8-6-10-26-20/h11-12,15,20H,4-10,14H2,1-3H3. The fraction of sp³-hybridized carbons (Fsp3) is 0.619. The zero-order chi connectivity index (χ0) is 18.7. The molecule has 140 valence electrons. The molecule has 0 aliphatic carbocycles. The van der Waals surface area contributed by atoms with Crippen molar-refractivity contribution in [1.82, 2.24) is 9.47 Å². The van der Waals surface area contributed by atoms with Crippen LogP contribution in [0, 0.1) is 25.2 Å². The Labute approximate surface area is 156 Å². The molecule has 0 aromatic carbocycles. The van der Waals surface area contributed by atoms with E-state index in [-0.39, 0.29) is 23.6 Å². The van der Waals surface area contributed by atoms with Crippen LogP contribution in [0.5, 0.6) is 0 Å². The lowest BCUT2D eigenvalue weighted by atomic mass is 10.0. The zero-order valence-electron chi connectivity index (χ0n) is 16.1. The van der Waals surface area contributed by atoms with E-state index in [1.165, 1.54) is 0 Å². The minimum atomic E-state index is -0.136. The second kappa shape index (κ2) is 8.09. The van der Waals surface area contributed by atoms with Crippen LogP contribution in [-0.2, 0) is 16.1 Å². The Morgan fingerprint density at radius 2 is 2.15 bits per heavy atom. The molecule has 0 bridgehead atoms. The third-order valence-electron chi connectivity index (χ3n) is 5.74. The van der Waals surface area contributed by atoms with Gasteiger partial charge in [-0.05, 0) is 70.6 Å². The summed E-state index contributed by atoms with van der Waals surface area (Å²) in [6, 6.07) is 4.41. The van der Waals surface area contributed by atoms with Crippen molar-refractivity contribution < 1.29 is 9.53 Å². The molecule has 2 atom stereocenters. The molecular formula is C21H29N3O2. The largest absolute Gasteiger partial charge is 0.376 e. The third kappa shape index (κ3) is 3.86. The fourth-order valence-corrected chi connectivity index (χ4v) is 4.10. The average molecular weight is 355 g/mol. The number of rotatable bonds is 4. The van der Waals surface area contributed by atoms with Gasteiger partial charge in [0.2, 0.25) is 0 Å². The van der Waals surface area contributed by atoms with E-state index in [9.17, 15) is 10.1 Å². The van der Waals surface area contributed by atoms with Crippen molar-refractivity contribution in [3.8, 4) is 6.07 Å². The summed E-state index contributed by atoms with van der Waals surface area (Å²) < 4.78 is 8.00. The molecule has 1 aromatic heterocycles. The Bertz CT molecular complexity index is 735. The third-order valence-corrected chi connectivity index (χ3v) is 5.74. The lowest BCUT2D eigenvalue weighted by molar-refractivity contribution is -0.129. The smallest absolute Gasteiger partial charge is 0.264 e. The Morgan fingerprint density at radius 1 is 1.35 bits per heavy atom. The van der Waals surface area contributed by atoms with E-state index in [1.807, 2.05) is 4.90 Å². The van der Waals surface area contributed by atoms with Crippen molar-refractivity contribution >= 4 is 12.0 Å². The van der Waals surface area contributed by atoms with Crippen LogP contribution in [-0.4, -0.2) is 40.7 Å². The molecule has 2 aliphatic rings. The molecule has 2 fully saturated rings. The molecule has 1 amide bonds. The van der Waals surface area contributed by atoms with Crippen LogP contribution in [0.1, 0.15) is 56.0 Å². The molecule has 2 aliphatic heterocycles. The van der Waals surface area contributed by atoms with Gasteiger partial charge in [0.05, 0.1) is 6.10 Å². The van der Waals surface area contributed by atoms with Crippen molar-refractivity contribution in [2.24, 2.45) is 0 Å². The number of amides is 1. The summed E-state index contributed by atoms with van der Waals surface area (Å²) >= 11 is 0. The Hall–Kier alpha value is -2.06. The number of nitrogens with zero attached hydrogens (tertiary/aromatic N) is 3. The van der Waals surface area contributed by atoms with Crippen molar-refractivity contribution in [2.45, 2.75) is 71.6 Å². The lowest BCUT2D eigenvalue weighted by Crippen LogP contribution is -2.42. The second-order valence-corrected chi connectivity index (χ2v) is 7.59. The maximum absolute atomic E-state index is 12.8. The number of carbonyl (C=O) groups excluding carboxylic acids is 1. The maximum Gasteiger partial charge on any atom is 0.264 e. The quantitative estimate of drug-likeness (QED) is 0.612. The summed E-state index contributed by atoms with van der Waals surface area (Å²) in [5, 5.41) is 9.58. The molecule has 3 rings (SSSR count). The van der Waals surface area contributed by atoms with Crippen LogP contribution in [0.4, 0.5) is 0 Å². The number of ether oxygens (including phenoxy) is 1. The predicted octanol–water partition coefficient (Wildman–Crippen LogP) is 3.59. The summed E-state index contributed by atoms with van der Waals surface area (Å²) in [4.78, 5) is 14.7. The molecule has 5 heteroatoms. The van der Waals surface area contributed by atoms with Crippen LogP contribution in [0.25, 0.3) is 6.08 Å². The predicted molar refractivity (Wildman–Crippen MR) is 101 cm³/mol. The van der Waals surface area contributed by atoms with E-state index < -0.39 is 0 Å². The average Bonchev–Trinajstić information content (AvgIpc) is 3.23. The minimum Gasteiger partial charge on any atom is -0.376 e. The molecule has 5 nitrogen and oxygen atoms in total. The molecule has 0 radical (unpaired) electrons. The molecule has 2 unspecified atom stereocenters. The van der Waals surface area contributed by atoms with Crippen LogP contribution in [0.15, 0.2) is 11.6 Å². The summed E-state index contributed by atoms with van der Waals surface area (Å²) in [5.41, 5.74) is 3.41. The minimum absolute atomic E-state index is 0.136. The monoisotopic (exact) mass is 355 g/mol. The fourth-order valence-electron chi connectivity index (χ4n) is 4.10. The van der Waals surface area contributed by atoms with Gasteiger partial charge in [-0.1, -0.05) is 0 Å². The van der Waals surface area contributed by atoms with Gasteiger partial charge in [0.25, 0.3) is 5.91 Å². The van der Waals surface area contributed by atoms with E-state index in [0.717, 1.165) is 68.8 Å². The highest BCUT2D eigenvalue weighted by Crippen LogP contribution is 2.24. The second-order valence-electron chi connectivity index (χ2n) is 7.59. The Kier molecular flexibility index (Phi) is 5.83. The number of hydrogen-bond donors (Lipinski definition) is 0. The van der Waals surface area contributed by atoms with Crippen LogP contribution in [0.3, 0.4) is 0 Å². The number of aromatic nitrogens is 1. The van der Waals surface area contributed by atoms with Crippen LogP contribution >= 0.6 is 0 Å². The summed E-state index contributed by atoms with van der Waals surface area (Å²) in [5.74, 6) is -0.136. The first-order valence-corrected chi connectivity index (χ1v) is 9.72. The van der Waals surface area contributed by atoms with Crippen molar-refractivity contribution in [3.05, 3.63) is 28.6 Å². The zero-order valence-corrected chi connectivity index (χ0v) is 16.1. The number of likely N-dealkylation sites (tertiary alicyclic amines) is 1. The molecule has 26 heavy (non-hydrogen) atoms. The highest BCUT2D eigenvalue weighted by atomic mass is 16.5. The van der Waals surface area contributed by atoms with Gasteiger partial charge in [-0.25, -0.2) is 0 Å².